The summed E-state index contributed by atoms with van der Waals surface area (Å²) in [6, 6.07) is 12.3. The number of nitrogens with zero attached hydrogens (tertiary/aromatic N) is 2. The molecule has 1 aliphatic rings. The number of ketones is 1. The first-order valence-corrected chi connectivity index (χ1v) is 12.4. The lowest BCUT2D eigenvalue weighted by atomic mass is 9.94. The van der Waals surface area contributed by atoms with Gasteiger partial charge in [-0.15, -0.1) is 0 Å². The molecule has 188 valence electrons. The van der Waals surface area contributed by atoms with E-state index in [0.29, 0.717) is 43.2 Å². The molecule has 2 aromatic carbocycles. The molecule has 7 nitrogen and oxygen atoms in total. The lowest BCUT2D eigenvalue weighted by Crippen LogP contribution is -2.30. The van der Waals surface area contributed by atoms with E-state index in [0.717, 1.165) is 24.3 Å². The second kappa shape index (κ2) is 11.8. The Kier molecular flexibility index (Phi) is 8.79. The Morgan fingerprint density at radius 3 is 2.17 bits per heavy atom. The number of likely N-dealkylation sites (tertiary alicyclic amines) is 1. The van der Waals surface area contributed by atoms with Gasteiger partial charge in [0.1, 0.15) is 17.3 Å². The van der Waals surface area contributed by atoms with E-state index < -0.39 is 17.7 Å². The number of aliphatic hydroxyl groups excluding tert-OH is 1. The lowest BCUT2D eigenvalue weighted by molar-refractivity contribution is -0.139. The third-order valence-electron chi connectivity index (χ3n) is 6.16. The van der Waals surface area contributed by atoms with Crippen LogP contribution in [0.2, 0.25) is 0 Å². The van der Waals surface area contributed by atoms with Crippen LogP contribution in [0.3, 0.4) is 0 Å². The van der Waals surface area contributed by atoms with Crippen molar-refractivity contribution in [2.75, 3.05) is 37.7 Å². The van der Waals surface area contributed by atoms with Crippen LogP contribution >= 0.6 is 0 Å². The first-order chi connectivity index (χ1) is 16.9. The fraction of sp³-hybridized carbons (Fsp3) is 0.429. The van der Waals surface area contributed by atoms with E-state index in [-0.39, 0.29) is 11.3 Å². The van der Waals surface area contributed by atoms with Gasteiger partial charge < -0.3 is 24.4 Å². The number of hydrogen-bond donors (Lipinski definition) is 1. The zero-order chi connectivity index (χ0) is 25.5. The van der Waals surface area contributed by atoms with Crippen LogP contribution in [0, 0.1) is 0 Å². The van der Waals surface area contributed by atoms with Crippen molar-refractivity contribution in [2.24, 2.45) is 0 Å². The van der Waals surface area contributed by atoms with E-state index in [9.17, 15) is 14.7 Å². The molecule has 1 N–H and O–H groups in total. The number of benzene rings is 2. The average Bonchev–Trinajstić information content (AvgIpc) is 3.11. The van der Waals surface area contributed by atoms with Gasteiger partial charge in [0, 0.05) is 31.4 Å². The topological polar surface area (TPSA) is 79.3 Å². The Morgan fingerprint density at radius 2 is 1.60 bits per heavy atom. The van der Waals surface area contributed by atoms with Crippen LogP contribution in [0.5, 0.6) is 11.5 Å². The number of anilines is 1. The summed E-state index contributed by atoms with van der Waals surface area (Å²) < 4.78 is 11.3. The van der Waals surface area contributed by atoms with Gasteiger partial charge in [0.2, 0.25) is 0 Å². The predicted octanol–water partition coefficient (Wildman–Crippen LogP) is 5.16. The smallest absolute Gasteiger partial charge is 0.295 e. The van der Waals surface area contributed by atoms with Crippen LogP contribution in [0.4, 0.5) is 5.69 Å². The molecule has 35 heavy (non-hydrogen) atoms. The highest BCUT2D eigenvalue weighted by Gasteiger charge is 2.46. The molecule has 3 rings (SSSR count). The summed E-state index contributed by atoms with van der Waals surface area (Å²) in [4.78, 5) is 30.0. The maximum atomic E-state index is 13.2. The highest BCUT2D eigenvalue weighted by atomic mass is 16.5. The van der Waals surface area contributed by atoms with Gasteiger partial charge in [0.15, 0.2) is 0 Å². The third-order valence-corrected chi connectivity index (χ3v) is 6.16. The minimum atomic E-state index is -0.690. The number of ether oxygens (including phenoxy) is 2. The number of aliphatic hydroxyl groups is 1. The largest absolute Gasteiger partial charge is 0.507 e. The summed E-state index contributed by atoms with van der Waals surface area (Å²) in [6.45, 7) is 12.9. The van der Waals surface area contributed by atoms with Crippen molar-refractivity contribution in [1.82, 2.24) is 4.90 Å². The quantitative estimate of drug-likeness (QED) is 0.272. The predicted molar refractivity (Wildman–Crippen MR) is 138 cm³/mol. The van der Waals surface area contributed by atoms with Crippen molar-refractivity contribution in [2.45, 2.75) is 47.1 Å². The van der Waals surface area contributed by atoms with Gasteiger partial charge in [-0.25, -0.2) is 0 Å². The molecular weight excluding hydrogens is 444 g/mol. The summed E-state index contributed by atoms with van der Waals surface area (Å²) in [5.74, 6) is -0.540. The van der Waals surface area contributed by atoms with Crippen LogP contribution in [0.1, 0.15) is 58.2 Å². The molecule has 1 fully saturated rings. The highest BCUT2D eigenvalue weighted by molar-refractivity contribution is 6.46. The van der Waals surface area contributed by atoms with Gasteiger partial charge >= 0.3 is 0 Å². The van der Waals surface area contributed by atoms with Gasteiger partial charge in [0.05, 0.1) is 30.4 Å². The molecule has 1 amide bonds. The van der Waals surface area contributed by atoms with Gasteiger partial charge in [0.25, 0.3) is 11.7 Å². The first-order valence-electron chi connectivity index (χ1n) is 12.4. The van der Waals surface area contributed by atoms with Gasteiger partial charge in [-0.05, 0) is 63.9 Å². The molecule has 0 aromatic heterocycles. The van der Waals surface area contributed by atoms with E-state index in [1.54, 1.807) is 23.1 Å². The van der Waals surface area contributed by atoms with Crippen LogP contribution in [0.15, 0.2) is 48.0 Å². The van der Waals surface area contributed by atoms with Crippen molar-refractivity contribution < 1.29 is 24.2 Å². The van der Waals surface area contributed by atoms with E-state index >= 15 is 0 Å². The van der Waals surface area contributed by atoms with E-state index in [1.165, 1.54) is 0 Å². The summed E-state index contributed by atoms with van der Waals surface area (Å²) in [7, 11) is 0. The number of rotatable bonds is 11. The Bertz CT molecular complexity index is 1070. The van der Waals surface area contributed by atoms with Crippen molar-refractivity contribution >= 4 is 23.1 Å². The van der Waals surface area contributed by atoms with E-state index in [2.05, 4.69) is 18.7 Å². The normalized spacial score (nSPS) is 17.1. The summed E-state index contributed by atoms with van der Waals surface area (Å²) in [5, 5.41) is 11.4. The number of carbonyl (C=O) groups excluding carboxylic acids is 2. The van der Waals surface area contributed by atoms with Crippen LogP contribution in [-0.4, -0.2) is 54.5 Å². The minimum Gasteiger partial charge on any atom is -0.507 e. The minimum absolute atomic E-state index is 0.0733. The standard InChI is InChI=1S/C28H36N2O5/c1-6-17-30-25(19-11-13-20(14-12-19)29(7-2)8-3)24(27(32)28(30)33)26(31)22-16-15-21(34-9-4)18-23(22)35-10-5/h11-16,18,25,31H,6-10,17H2,1-5H3/b26-24-. The monoisotopic (exact) mass is 480 g/mol. The second-order valence-electron chi connectivity index (χ2n) is 8.28. The van der Waals surface area contributed by atoms with Crippen molar-refractivity contribution in [3.05, 3.63) is 59.2 Å². The van der Waals surface area contributed by atoms with Crippen molar-refractivity contribution in [3.63, 3.8) is 0 Å². The van der Waals surface area contributed by atoms with Crippen LogP contribution in [0.25, 0.3) is 5.76 Å². The van der Waals surface area contributed by atoms with Crippen molar-refractivity contribution in [3.8, 4) is 11.5 Å². The molecule has 0 saturated carbocycles. The lowest BCUT2D eigenvalue weighted by Gasteiger charge is -2.26. The molecule has 0 spiro atoms. The number of hydrogen-bond acceptors (Lipinski definition) is 6. The molecule has 7 heteroatoms. The highest BCUT2D eigenvalue weighted by Crippen LogP contribution is 2.42. The fourth-order valence-electron chi connectivity index (χ4n) is 4.53. The maximum Gasteiger partial charge on any atom is 0.295 e. The Labute approximate surface area is 207 Å². The zero-order valence-corrected chi connectivity index (χ0v) is 21.3. The molecule has 1 unspecified atom stereocenters. The van der Waals surface area contributed by atoms with Gasteiger partial charge in [-0.2, -0.15) is 0 Å². The van der Waals surface area contributed by atoms with Crippen molar-refractivity contribution in [1.29, 1.82) is 0 Å². The number of carbonyl (C=O) groups is 2. The van der Waals surface area contributed by atoms with E-state index in [4.69, 9.17) is 9.47 Å². The molecule has 1 atom stereocenters. The summed E-state index contributed by atoms with van der Waals surface area (Å²) in [5.41, 5.74) is 2.27. The number of amides is 1. The Balaban J connectivity index is 2.15. The molecule has 0 bridgehead atoms. The van der Waals surface area contributed by atoms with Gasteiger partial charge in [-0.3, -0.25) is 9.59 Å². The maximum absolute atomic E-state index is 13.2. The third kappa shape index (κ3) is 5.29. The molecule has 0 radical (unpaired) electrons. The SMILES string of the molecule is CCCN1C(=O)C(=O)/C(=C(\O)c2ccc(OCC)cc2OCC)C1c1ccc(N(CC)CC)cc1. The molecule has 1 heterocycles. The molecular formula is C28H36N2O5. The molecule has 1 aliphatic heterocycles. The van der Waals surface area contributed by atoms with Crippen LogP contribution < -0.4 is 14.4 Å². The summed E-state index contributed by atoms with van der Waals surface area (Å²) >= 11 is 0. The molecule has 2 aromatic rings. The van der Waals surface area contributed by atoms with E-state index in [1.807, 2.05) is 45.0 Å². The first kappa shape index (κ1) is 26.1. The zero-order valence-electron chi connectivity index (χ0n) is 21.3. The molecule has 0 aliphatic carbocycles. The van der Waals surface area contributed by atoms with Gasteiger partial charge in [-0.1, -0.05) is 19.1 Å². The molecule has 1 saturated heterocycles. The fourth-order valence-corrected chi connectivity index (χ4v) is 4.53. The Hall–Kier alpha value is -3.48. The summed E-state index contributed by atoms with van der Waals surface area (Å²) in [6.07, 6.45) is 0.689. The second-order valence-corrected chi connectivity index (χ2v) is 8.28. The van der Waals surface area contributed by atoms with Crippen LogP contribution in [-0.2, 0) is 9.59 Å². The Morgan fingerprint density at radius 1 is 0.943 bits per heavy atom. The number of Topliss-reactive ketones (excluding diaryl/α,β-unsaturated/α-hetero) is 1. The average molecular weight is 481 g/mol.